The highest BCUT2D eigenvalue weighted by Gasteiger charge is 2.09. The highest BCUT2D eigenvalue weighted by molar-refractivity contribution is 7.99. The van der Waals surface area contributed by atoms with E-state index < -0.39 is 0 Å². The fourth-order valence-corrected chi connectivity index (χ4v) is 2.45. The lowest BCUT2D eigenvalue weighted by molar-refractivity contribution is 0.336. The van der Waals surface area contributed by atoms with Crippen LogP contribution in [0.2, 0.25) is 0 Å². The smallest absolute Gasteiger partial charge is 0.0107 e. The largest absolute Gasteiger partial charge is 0.315 e. The van der Waals surface area contributed by atoms with Crippen LogP contribution >= 0.6 is 11.8 Å². The van der Waals surface area contributed by atoms with E-state index in [4.69, 9.17) is 0 Å². The third-order valence-corrected chi connectivity index (χ3v) is 3.64. The third kappa shape index (κ3) is 5.89. The lowest BCUT2D eigenvalue weighted by Crippen LogP contribution is -2.30. The number of hydrogen-bond acceptors (Lipinski definition) is 3. The predicted molar refractivity (Wildman–Crippen MR) is 66.2 cm³/mol. The molecule has 0 aromatic carbocycles. The van der Waals surface area contributed by atoms with Gasteiger partial charge in [0.1, 0.15) is 0 Å². The molecule has 0 atom stereocenters. The Morgan fingerprint density at radius 3 is 2.71 bits per heavy atom. The van der Waals surface area contributed by atoms with Crippen LogP contribution in [0.15, 0.2) is 0 Å². The van der Waals surface area contributed by atoms with Gasteiger partial charge in [-0.3, -0.25) is 0 Å². The standard InChI is InChI=1S/C11H24N2S/c1-2-14-11-5-6-12-7-10-13-8-3-4-9-13/h12H,2-11H2,1H3. The Bertz CT molecular complexity index is 124. The summed E-state index contributed by atoms with van der Waals surface area (Å²) in [5.41, 5.74) is 0. The first kappa shape index (κ1) is 12.3. The number of likely N-dealkylation sites (tertiary alicyclic amines) is 1. The van der Waals surface area contributed by atoms with E-state index in [-0.39, 0.29) is 0 Å². The van der Waals surface area contributed by atoms with E-state index in [1.807, 2.05) is 11.8 Å². The average Bonchev–Trinajstić information content (AvgIpc) is 2.69. The monoisotopic (exact) mass is 216 g/mol. The molecule has 0 unspecified atom stereocenters. The Morgan fingerprint density at radius 2 is 2.00 bits per heavy atom. The first-order chi connectivity index (χ1) is 6.93. The molecule has 1 saturated heterocycles. The maximum atomic E-state index is 3.52. The van der Waals surface area contributed by atoms with Crippen LogP contribution in [-0.4, -0.2) is 49.1 Å². The van der Waals surface area contributed by atoms with E-state index in [0.717, 1.165) is 0 Å². The second kappa shape index (κ2) is 8.57. The zero-order valence-electron chi connectivity index (χ0n) is 9.43. The van der Waals surface area contributed by atoms with Crippen LogP contribution in [0, 0.1) is 0 Å². The molecule has 0 amide bonds. The second-order valence-corrected chi connectivity index (χ2v) is 5.24. The molecule has 14 heavy (non-hydrogen) atoms. The van der Waals surface area contributed by atoms with Crippen LogP contribution in [0.25, 0.3) is 0 Å². The zero-order chi connectivity index (χ0) is 10.1. The fraction of sp³-hybridized carbons (Fsp3) is 1.00. The molecule has 1 aliphatic rings. The molecule has 0 aromatic rings. The summed E-state index contributed by atoms with van der Waals surface area (Å²) in [6.07, 6.45) is 4.14. The highest BCUT2D eigenvalue weighted by atomic mass is 32.2. The summed E-state index contributed by atoms with van der Waals surface area (Å²) in [6.45, 7) is 8.50. The van der Waals surface area contributed by atoms with Crippen molar-refractivity contribution in [1.29, 1.82) is 0 Å². The Kier molecular flexibility index (Phi) is 7.55. The highest BCUT2D eigenvalue weighted by Crippen LogP contribution is 2.05. The second-order valence-electron chi connectivity index (χ2n) is 3.85. The van der Waals surface area contributed by atoms with Crippen LogP contribution in [-0.2, 0) is 0 Å². The summed E-state index contributed by atoms with van der Waals surface area (Å²) in [5.74, 6) is 2.57. The Labute approximate surface area is 92.8 Å². The zero-order valence-corrected chi connectivity index (χ0v) is 10.2. The average molecular weight is 216 g/mol. The molecule has 0 radical (unpaired) electrons. The van der Waals surface area contributed by atoms with E-state index in [1.165, 1.54) is 63.5 Å². The van der Waals surface area contributed by atoms with Gasteiger partial charge in [-0.25, -0.2) is 0 Å². The molecule has 1 fully saturated rings. The maximum Gasteiger partial charge on any atom is 0.0107 e. The van der Waals surface area contributed by atoms with Gasteiger partial charge in [-0.2, -0.15) is 11.8 Å². The van der Waals surface area contributed by atoms with Crippen LogP contribution in [0.1, 0.15) is 26.2 Å². The van der Waals surface area contributed by atoms with Gasteiger partial charge in [-0.05, 0) is 50.4 Å². The summed E-state index contributed by atoms with van der Waals surface area (Å²) in [5, 5.41) is 3.52. The van der Waals surface area contributed by atoms with Gasteiger partial charge >= 0.3 is 0 Å². The Balaban J connectivity index is 1.75. The predicted octanol–water partition coefficient (Wildman–Crippen LogP) is 1.81. The fourth-order valence-electron chi connectivity index (χ4n) is 1.81. The van der Waals surface area contributed by atoms with Crippen molar-refractivity contribution in [1.82, 2.24) is 10.2 Å². The Morgan fingerprint density at radius 1 is 1.21 bits per heavy atom. The van der Waals surface area contributed by atoms with E-state index in [9.17, 15) is 0 Å². The molecular formula is C11H24N2S. The van der Waals surface area contributed by atoms with Crippen molar-refractivity contribution < 1.29 is 0 Å². The molecule has 1 rings (SSSR count). The molecule has 1 heterocycles. The summed E-state index contributed by atoms with van der Waals surface area (Å²) in [4.78, 5) is 2.56. The normalized spacial score (nSPS) is 17.8. The van der Waals surface area contributed by atoms with Crippen LogP contribution in [0.4, 0.5) is 0 Å². The van der Waals surface area contributed by atoms with E-state index in [0.29, 0.717) is 0 Å². The molecule has 3 heteroatoms. The number of hydrogen-bond donors (Lipinski definition) is 1. The van der Waals surface area contributed by atoms with Crippen LogP contribution < -0.4 is 5.32 Å². The molecule has 1 aliphatic heterocycles. The topological polar surface area (TPSA) is 15.3 Å². The number of nitrogens with one attached hydrogen (secondary N) is 1. The summed E-state index contributed by atoms with van der Waals surface area (Å²) >= 11 is 2.04. The molecule has 2 nitrogen and oxygen atoms in total. The summed E-state index contributed by atoms with van der Waals surface area (Å²) in [6, 6.07) is 0. The van der Waals surface area contributed by atoms with Gasteiger partial charge in [0, 0.05) is 13.1 Å². The van der Waals surface area contributed by atoms with Crippen molar-refractivity contribution in [3.8, 4) is 0 Å². The van der Waals surface area contributed by atoms with Crippen LogP contribution in [0.3, 0.4) is 0 Å². The van der Waals surface area contributed by atoms with Crippen molar-refractivity contribution >= 4 is 11.8 Å². The molecule has 84 valence electrons. The van der Waals surface area contributed by atoms with Crippen molar-refractivity contribution in [3.63, 3.8) is 0 Å². The maximum absolute atomic E-state index is 3.52. The molecule has 0 aromatic heterocycles. The van der Waals surface area contributed by atoms with Gasteiger partial charge in [0.15, 0.2) is 0 Å². The molecule has 0 saturated carbocycles. The summed E-state index contributed by atoms with van der Waals surface area (Å²) in [7, 11) is 0. The lowest BCUT2D eigenvalue weighted by Gasteiger charge is -2.14. The van der Waals surface area contributed by atoms with E-state index in [2.05, 4.69) is 17.1 Å². The van der Waals surface area contributed by atoms with Crippen molar-refractivity contribution in [3.05, 3.63) is 0 Å². The molecule has 0 spiro atoms. The third-order valence-electron chi connectivity index (χ3n) is 2.65. The lowest BCUT2D eigenvalue weighted by atomic mass is 10.4. The Hall–Kier alpha value is 0.270. The first-order valence-corrected chi connectivity index (χ1v) is 7.09. The molecule has 0 bridgehead atoms. The number of nitrogens with zero attached hydrogens (tertiary/aromatic N) is 1. The van der Waals surface area contributed by atoms with E-state index in [1.54, 1.807) is 0 Å². The molecule has 0 aliphatic carbocycles. The first-order valence-electron chi connectivity index (χ1n) is 5.94. The van der Waals surface area contributed by atoms with Gasteiger partial charge in [0.05, 0.1) is 0 Å². The minimum absolute atomic E-state index is 1.18. The number of thioether (sulfide) groups is 1. The molecule has 1 N–H and O–H groups in total. The van der Waals surface area contributed by atoms with Gasteiger partial charge in [0.25, 0.3) is 0 Å². The van der Waals surface area contributed by atoms with Crippen LogP contribution in [0.5, 0.6) is 0 Å². The molecular weight excluding hydrogens is 192 g/mol. The van der Waals surface area contributed by atoms with Gasteiger partial charge < -0.3 is 10.2 Å². The van der Waals surface area contributed by atoms with Crippen molar-refractivity contribution in [2.24, 2.45) is 0 Å². The van der Waals surface area contributed by atoms with Gasteiger partial charge in [0.2, 0.25) is 0 Å². The SMILES string of the molecule is CCSCCCNCCN1CCCC1. The van der Waals surface area contributed by atoms with Crippen molar-refractivity contribution in [2.75, 3.05) is 44.2 Å². The summed E-state index contributed by atoms with van der Waals surface area (Å²) < 4.78 is 0. The van der Waals surface area contributed by atoms with Gasteiger partial charge in [-0.15, -0.1) is 0 Å². The number of rotatable bonds is 8. The minimum atomic E-state index is 1.18. The quantitative estimate of drug-likeness (QED) is 0.623. The van der Waals surface area contributed by atoms with Crippen molar-refractivity contribution in [2.45, 2.75) is 26.2 Å². The van der Waals surface area contributed by atoms with E-state index >= 15 is 0 Å². The minimum Gasteiger partial charge on any atom is -0.315 e. The van der Waals surface area contributed by atoms with Gasteiger partial charge in [-0.1, -0.05) is 6.92 Å².